The van der Waals surface area contributed by atoms with Crippen molar-refractivity contribution in [1.29, 1.82) is 0 Å². The number of methoxy groups -OCH3 is 1. The van der Waals surface area contributed by atoms with Crippen LogP contribution in [-0.2, 0) is 14.3 Å². The van der Waals surface area contributed by atoms with Gasteiger partial charge in [-0.3, -0.25) is 14.9 Å². The third-order valence-corrected chi connectivity index (χ3v) is 7.57. The topological polar surface area (TPSA) is 209 Å². The van der Waals surface area contributed by atoms with Gasteiger partial charge in [-0.15, -0.1) is 5.10 Å². The van der Waals surface area contributed by atoms with Gasteiger partial charge in [0.25, 0.3) is 0 Å². The van der Waals surface area contributed by atoms with Crippen LogP contribution < -0.4 is 16.0 Å². The number of H-pyrrole nitrogens is 1. The lowest BCUT2D eigenvalue weighted by Crippen LogP contribution is -2.38. The van der Waals surface area contributed by atoms with Crippen molar-refractivity contribution in [2.45, 2.75) is 31.3 Å². The highest BCUT2D eigenvalue weighted by Gasteiger charge is 2.30. The number of aliphatic carboxylic acids is 1. The average Bonchev–Trinajstić information content (AvgIpc) is 3.73. The lowest BCUT2D eigenvalue weighted by molar-refractivity contribution is -0.143. The lowest BCUT2D eigenvalue weighted by atomic mass is 9.92. The van der Waals surface area contributed by atoms with Crippen molar-refractivity contribution >= 4 is 47.0 Å². The minimum atomic E-state index is -1.08. The molecular weight excluding hydrogens is 606 g/mol. The second kappa shape index (κ2) is 14.0. The number of nitrogens with one attached hydrogen (secondary N) is 4. The Kier molecular flexibility index (Phi) is 9.70. The van der Waals surface area contributed by atoms with Crippen LogP contribution in [-0.4, -0.2) is 78.1 Å². The number of carbonyl (C=O) groups is 3. The van der Waals surface area contributed by atoms with E-state index in [1.807, 2.05) is 0 Å². The molecule has 0 radical (unpaired) electrons. The summed E-state index contributed by atoms with van der Waals surface area (Å²) in [6.07, 6.45) is 6.27. The summed E-state index contributed by atoms with van der Waals surface area (Å²) in [4.78, 5) is 45.1. The third kappa shape index (κ3) is 7.45. The fourth-order valence-electron chi connectivity index (χ4n) is 5.11. The maximum Gasteiger partial charge on any atom is 0.411 e. The number of hydrogen-bond acceptors (Lipinski definition) is 10. The van der Waals surface area contributed by atoms with Crippen LogP contribution >= 0.6 is 11.6 Å². The number of fused-ring (bicyclic) bond motifs is 4. The van der Waals surface area contributed by atoms with Crippen LogP contribution in [0.1, 0.15) is 36.7 Å². The Morgan fingerprint density at radius 3 is 2.78 bits per heavy atom. The van der Waals surface area contributed by atoms with Crippen LogP contribution in [0.25, 0.3) is 23.0 Å². The minimum Gasteiger partial charge on any atom is -0.481 e. The molecule has 6 N–H and O–H groups in total. The minimum absolute atomic E-state index is 0.205. The van der Waals surface area contributed by atoms with E-state index >= 15 is 0 Å². The van der Waals surface area contributed by atoms with Gasteiger partial charge in [-0.1, -0.05) is 11.6 Å². The Hall–Kier alpha value is -5.28. The molecule has 15 nitrogen and oxygen atoms in total. The van der Waals surface area contributed by atoms with Gasteiger partial charge in [0.2, 0.25) is 5.91 Å². The van der Waals surface area contributed by atoms with E-state index in [2.05, 4.69) is 46.2 Å². The maximum atomic E-state index is 13.2. The second-order valence-corrected chi connectivity index (χ2v) is 10.7. The zero-order valence-electron chi connectivity index (χ0n) is 24.0. The summed E-state index contributed by atoms with van der Waals surface area (Å²) >= 11 is 6.20. The first-order valence-corrected chi connectivity index (χ1v) is 14.3. The first-order chi connectivity index (χ1) is 21.7. The summed E-state index contributed by atoms with van der Waals surface area (Å²) in [6, 6.07) is 8.63. The van der Waals surface area contributed by atoms with Crippen LogP contribution in [0, 0.1) is 5.92 Å². The molecule has 2 bridgehead atoms. The Balaban J connectivity index is 1.45. The zero-order valence-corrected chi connectivity index (χ0v) is 24.7. The maximum absolute atomic E-state index is 13.2. The number of rotatable bonds is 7. The number of amides is 2. The number of carboxylic acid groups (broad SMARTS) is 1. The monoisotopic (exact) mass is 635 g/mol. The largest absolute Gasteiger partial charge is 0.481 e. The number of imidazole rings is 1. The van der Waals surface area contributed by atoms with Gasteiger partial charge >= 0.3 is 12.1 Å². The van der Waals surface area contributed by atoms with Gasteiger partial charge in [0.1, 0.15) is 12.2 Å². The van der Waals surface area contributed by atoms with Crippen molar-refractivity contribution in [3.63, 3.8) is 0 Å². The van der Waals surface area contributed by atoms with Gasteiger partial charge < -0.3 is 30.6 Å². The molecule has 3 atom stereocenters. The van der Waals surface area contributed by atoms with Gasteiger partial charge in [0.15, 0.2) is 0 Å². The highest BCUT2D eigenvalue weighted by Crippen LogP contribution is 2.34. The fraction of sp³-hybridized carbons (Fsp3) is 0.276. The number of ether oxygens (including phenoxy) is 1. The molecule has 1 aliphatic rings. The molecule has 234 valence electrons. The normalized spacial score (nSPS) is 18.2. The highest BCUT2D eigenvalue weighted by atomic mass is 35.5. The molecule has 0 aliphatic carbocycles. The first kappa shape index (κ1) is 31.2. The molecule has 2 aromatic carbocycles. The molecule has 2 amide bonds. The number of carbonyl (C=O) groups excluding carboxylic acids is 2. The molecule has 0 saturated heterocycles. The van der Waals surface area contributed by atoms with Crippen molar-refractivity contribution < 1.29 is 29.3 Å². The third-order valence-electron chi connectivity index (χ3n) is 7.33. The zero-order chi connectivity index (χ0) is 31.9. The van der Waals surface area contributed by atoms with Crippen molar-refractivity contribution in [3.8, 4) is 16.9 Å². The summed E-state index contributed by atoms with van der Waals surface area (Å²) in [6.45, 7) is -0.458. The molecule has 0 saturated carbocycles. The van der Waals surface area contributed by atoms with Gasteiger partial charge in [0.05, 0.1) is 49.3 Å². The summed E-state index contributed by atoms with van der Waals surface area (Å²) in [7, 11) is 1.24. The number of halogens is 1. The molecule has 0 fully saturated rings. The van der Waals surface area contributed by atoms with Crippen molar-refractivity contribution in [2.75, 3.05) is 24.4 Å². The number of aliphatic hydroxyl groups excluding tert-OH is 1. The number of aromatic amines is 1. The van der Waals surface area contributed by atoms with Crippen LogP contribution in [0.2, 0.25) is 5.02 Å². The van der Waals surface area contributed by atoms with E-state index in [-0.39, 0.29) is 6.42 Å². The van der Waals surface area contributed by atoms with Crippen molar-refractivity contribution in [2.24, 2.45) is 5.92 Å². The van der Waals surface area contributed by atoms with Gasteiger partial charge in [0, 0.05) is 33.6 Å². The molecule has 0 spiro atoms. The quantitative estimate of drug-likeness (QED) is 0.162. The first-order valence-electron chi connectivity index (χ1n) is 13.9. The molecular formula is C29H30ClN9O6. The highest BCUT2D eigenvalue weighted by molar-refractivity contribution is 6.30. The number of tetrazole rings is 1. The number of anilines is 2. The van der Waals surface area contributed by atoms with E-state index in [1.165, 1.54) is 24.2 Å². The SMILES string of the molecule is COC(=O)Nc1ccc2c(c1)N[C@@H](CO)[C@@H](C(=O)O)CCC[C@H](NC(=O)/C=C/c1cc(Cl)ccc1-n1cnnn1)c1ncc-2[nH]1. The van der Waals surface area contributed by atoms with E-state index in [1.54, 1.807) is 48.7 Å². The number of carboxylic acids is 1. The number of hydrogen-bond donors (Lipinski definition) is 6. The summed E-state index contributed by atoms with van der Waals surface area (Å²) in [5, 5.41) is 40.6. The van der Waals surface area contributed by atoms with E-state index in [0.29, 0.717) is 57.6 Å². The predicted molar refractivity (Wildman–Crippen MR) is 164 cm³/mol. The fourth-order valence-corrected chi connectivity index (χ4v) is 5.29. The number of aliphatic hydroxyl groups is 1. The number of aromatic nitrogens is 6. The molecule has 3 heterocycles. The van der Waals surface area contributed by atoms with E-state index in [9.17, 15) is 24.6 Å². The summed E-state index contributed by atoms with van der Waals surface area (Å²) < 4.78 is 6.13. The van der Waals surface area contributed by atoms with Gasteiger partial charge in [-0.05, 0) is 72.2 Å². The van der Waals surface area contributed by atoms with Crippen LogP contribution in [0.4, 0.5) is 16.2 Å². The van der Waals surface area contributed by atoms with Gasteiger partial charge in [-0.25, -0.2) is 9.78 Å². The molecule has 4 aromatic rings. The van der Waals surface area contributed by atoms with E-state index < -0.39 is 42.6 Å². The Bertz CT molecular complexity index is 1710. The Labute approximate surface area is 261 Å². The van der Waals surface area contributed by atoms with Gasteiger partial charge in [-0.2, -0.15) is 4.68 Å². The smallest absolute Gasteiger partial charge is 0.411 e. The summed E-state index contributed by atoms with van der Waals surface area (Å²) in [5.74, 6) is -1.98. The van der Waals surface area contributed by atoms with E-state index in [0.717, 1.165) is 0 Å². The molecule has 16 heteroatoms. The lowest BCUT2D eigenvalue weighted by Gasteiger charge is -2.27. The molecule has 45 heavy (non-hydrogen) atoms. The molecule has 1 aliphatic heterocycles. The Morgan fingerprint density at radius 1 is 1.20 bits per heavy atom. The second-order valence-electron chi connectivity index (χ2n) is 10.2. The van der Waals surface area contributed by atoms with Crippen LogP contribution in [0.3, 0.4) is 0 Å². The van der Waals surface area contributed by atoms with Crippen molar-refractivity contribution in [1.82, 2.24) is 35.5 Å². The molecule has 5 rings (SSSR count). The van der Waals surface area contributed by atoms with Crippen LogP contribution in [0.5, 0.6) is 0 Å². The number of benzene rings is 2. The number of nitrogens with zero attached hydrogens (tertiary/aromatic N) is 5. The molecule has 2 aromatic heterocycles. The molecule has 0 unspecified atom stereocenters. The summed E-state index contributed by atoms with van der Waals surface area (Å²) in [5.41, 5.74) is 3.24. The average molecular weight is 636 g/mol. The van der Waals surface area contributed by atoms with E-state index in [4.69, 9.17) is 11.6 Å². The van der Waals surface area contributed by atoms with Crippen LogP contribution in [0.15, 0.2) is 55.0 Å². The Morgan fingerprint density at radius 2 is 2.04 bits per heavy atom. The predicted octanol–water partition coefficient (Wildman–Crippen LogP) is 3.41. The standard InChI is InChI=1S/C29H30ClN9O6/c1-45-29(44)33-18-7-8-19-22(12-18)34-24(14-40)20(28(42)43)3-2-4-21(27-31-13-23(19)36-27)35-26(41)10-5-16-11-17(30)6-9-25(16)39-15-32-37-38-39/h5-13,15,20-21,24,34,40H,2-4,14H2,1H3,(H,31,36)(H,33,44)(H,35,41)(H,42,43)/b10-5+/t20-,21-,24-/m0/s1. The van der Waals surface area contributed by atoms with Crippen molar-refractivity contribution in [3.05, 3.63) is 71.4 Å².